The first-order valence-electron chi connectivity index (χ1n) is 4.67. The maximum Gasteiger partial charge on any atom is 0.0599 e. The lowest BCUT2D eigenvalue weighted by molar-refractivity contribution is 0.301. The molecule has 0 radical (unpaired) electrons. The summed E-state index contributed by atoms with van der Waals surface area (Å²) in [6.07, 6.45) is 0. The molecule has 3 heteroatoms. The summed E-state index contributed by atoms with van der Waals surface area (Å²) < 4.78 is 0. The van der Waals surface area contributed by atoms with Gasteiger partial charge in [0.2, 0.25) is 0 Å². The Hall–Kier alpha value is -1.04. The van der Waals surface area contributed by atoms with E-state index in [1.807, 2.05) is 39.6 Å². The first kappa shape index (κ1) is 12.0. The molecule has 0 atom stereocenters. The summed E-state index contributed by atoms with van der Waals surface area (Å²) in [5.41, 5.74) is 0.00226. The summed E-state index contributed by atoms with van der Waals surface area (Å²) in [5.74, 6) is 2.99. The van der Waals surface area contributed by atoms with Crippen LogP contribution in [0.25, 0.3) is 0 Å². The van der Waals surface area contributed by atoms with Gasteiger partial charge in [-0.15, -0.1) is 0 Å². The third-order valence-electron chi connectivity index (χ3n) is 1.38. The molecular formula is C10H19N3. The molecule has 0 rings (SSSR count). The van der Waals surface area contributed by atoms with Crippen molar-refractivity contribution >= 4 is 0 Å². The lowest BCUT2D eigenvalue weighted by Crippen LogP contribution is -2.14. The molecule has 0 aromatic carbocycles. The molecular weight excluding hydrogens is 162 g/mol. The Morgan fingerprint density at radius 2 is 1.69 bits per heavy atom. The van der Waals surface area contributed by atoms with Crippen LogP contribution in [0.3, 0.4) is 0 Å². The highest BCUT2D eigenvalue weighted by Gasteiger charge is 2.02. The maximum absolute atomic E-state index is 3.95. The van der Waals surface area contributed by atoms with E-state index < -0.39 is 0 Å². The van der Waals surface area contributed by atoms with E-state index in [2.05, 4.69) is 22.3 Å². The molecule has 0 heterocycles. The van der Waals surface area contributed by atoms with Crippen molar-refractivity contribution in [2.45, 2.75) is 34.6 Å². The zero-order valence-corrected chi connectivity index (χ0v) is 9.26. The second-order valence-electron chi connectivity index (χ2n) is 3.82. The molecule has 0 aromatic rings. The molecule has 13 heavy (non-hydrogen) atoms. The van der Waals surface area contributed by atoms with Crippen molar-refractivity contribution in [3.8, 4) is 12.0 Å². The van der Waals surface area contributed by atoms with Crippen molar-refractivity contribution in [1.82, 2.24) is 5.01 Å². The SMILES string of the molecule is CCN(CC)/N=N/C#CC(C)(C)C. The molecule has 0 spiro atoms. The Bertz CT molecular complexity index is 211. The summed E-state index contributed by atoms with van der Waals surface area (Å²) in [4.78, 5) is 0. The molecule has 74 valence electrons. The molecule has 0 saturated carbocycles. The van der Waals surface area contributed by atoms with E-state index in [9.17, 15) is 0 Å². The molecule has 0 N–H and O–H groups in total. The van der Waals surface area contributed by atoms with Crippen LogP contribution in [0.4, 0.5) is 0 Å². The minimum absolute atomic E-state index is 0.00226. The standard InChI is InChI=1S/C10H19N3/c1-6-13(7-2)12-11-9-8-10(3,4)5/h6-7H2,1-5H3/b12-11+. The van der Waals surface area contributed by atoms with Gasteiger partial charge in [-0.3, -0.25) is 5.01 Å². The molecule has 0 aliphatic rings. The second kappa shape index (κ2) is 5.58. The van der Waals surface area contributed by atoms with E-state index in [4.69, 9.17) is 0 Å². The van der Waals surface area contributed by atoms with Gasteiger partial charge >= 0.3 is 0 Å². The average molecular weight is 181 g/mol. The lowest BCUT2D eigenvalue weighted by Gasteiger charge is -2.10. The van der Waals surface area contributed by atoms with E-state index in [0.29, 0.717) is 0 Å². The fraction of sp³-hybridized carbons (Fsp3) is 0.800. The van der Waals surface area contributed by atoms with Crippen LogP contribution in [0.5, 0.6) is 0 Å². The quantitative estimate of drug-likeness (QED) is 0.374. The molecule has 0 aliphatic carbocycles. The van der Waals surface area contributed by atoms with Crippen molar-refractivity contribution < 1.29 is 0 Å². The minimum atomic E-state index is 0.00226. The molecule has 0 unspecified atom stereocenters. The zero-order chi connectivity index (χ0) is 10.3. The number of nitrogens with zero attached hydrogens (tertiary/aromatic N) is 3. The van der Waals surface area contributed by atoms with Crippen molar-refractivity contribution in [2.75, 3.05) is 13.1 Å². The Morgan fingerprint density at radius 1 is 1.15 bits per heavy atom. The second-order valence-corrected chi connectivity index (χ2v) is 3.82. The molecule has 0 amide bonds. The smallest absolute Gasteiger partial charge is 0.0599 e. The van der Waals surface area contributed by atoms with E-state index in [0.717, 1.165) is 13.1 Å². The Balaban J connectivity index is 4.04. The Kier molecular flexibility index (Phi) is 5.13. The summed E-state index contributed by atoms with van der Waals surface area (Å²) in [5, 5.41) is 9.60. The van der Waals surface area contributed by atoms with Gasteiger partial charge in [0.1, 0.15) is 0 Å². The predicted octanol–water partition coefficient (Wildman–Crippen LogP) is 2.70. The topological polar surface area (TPSA) is 28.0 Å². The van der Waals surface area contributed by atoms with Gasteiger partial charge in [-0.25, -0.2) is 0 Å². The Labute approximate surface area is 81.2 Å². The zero-order valence-electron chi connectivity index (χ0n) is 9.26. The highest BCUT2D eigenvalue weighted by atomic mass is 15.5. The van der Waals surface area contributed by atoms with Crippen molar-refractivity contribution in [1.29, 1.82) is 0 Å². The summed E-state index contributed by atoms with van der Waals surface area (Å²) in [6.45, 7) is 12.0. The van der Waals surface area contributed by atoms with Crippen LogP contribution in [0.2, 0.25) is 0 Å². The van der Waals surface area contributed by atoms with Gasteiger partial charge in [0.25, 0.3) is 0 Å². The van der Waals surface area contributed by atoms with Crippen molar-refractivity contribution in [3.05, 3.63) is 0 Å². The fourth-order valence-electron chi connectivity index (χ4n) is 0.628. The third-order valence-corrected chi connectivity index (χ3v) is 1.38. The Morgan fingerprint density at radius 3 is 2.08 bits per heavy atom. The van der Waals surface area contributed by atoms with Crippen LogP contribution in [0.1, 0.15) is 34.6 Å². The van der Waals surface area contributed by atoms with Gasteiger partial charge in [0.05, 0.1) is 6.04 Å². The van der Waals surface area contributed by atoms with Gasteiger partial charge in [0.15, 0.2) is 0 Å². The molecule has 0 saturated heterocycles. The first-order chi connectivity index (χ1) is 5.99. The van der Waals surface area contributed by atoms with Crippen LogP contribution >= 0.6 is 0 Å². The van der Waals surface area contributed by atoms with Gasteiger partial charge < -0.3 is 0 Å². The fourth-order valence-corrected chi connectivity index (χ4v) is 0.628. The van der Waals surface area contributed by atoms with Crippen LogP contribution in [-0.2, 0) is 0 Å². The average Bonchev–Trinajstić information content (AvgIpc) is 2.03. The third kappa shape index (κ3) is 7.32. The first-order valence-corrected chi connectivity index (χ1v) is 4.67. The molecule has 0 bridgehead atoms. The van der Waals surface area contributed by atoms with Gasteiger partial charge in [0, 0.05) is 18.5 Å². The molecule has 0 aliphatic heterocycles. The lowest BCUT2D eigenvalue weighted by atomic mass is 9.99. The van der Waals surface area contributed by atoms with E-state index in [-0.39, 0.29) is 5.41 Å². The van der Waals surface area contributed by atoms with Crippen LogP contribution in [0.15, 0.2) is 10.3 Å². The van der Waals surface area contributed by atoms with Gasteiger partial charge in [-0.2, -0.15) is 0 Å². The van der Waals surface area contributed by atoms with Gasteiger partial charge in [-0.1, -0.05) is 16.3 Å². The van der Waals surface area contributed by atoms with E-state index in [1.165, 1.54) is 0 Å². The molecule has 0 fully saturated rings. The minimum Gasteiger partial charge on any atom is -0.278 e. The molecule has 3 nitrogen and oxygen atoms in total. The predicted molar refractivity (Wildman–Crippen MR) is 55.0 cm³/mol. The largest absolute Gasteiger partial charge is 0.278 e. The number of rotatable bonds is 3. The monoisotopic (exact) mass is 181 g/mol. The highest BCUT2D eigenvalue weighted by molar-refractivity contribution is 5.05. The van der Waals surface area contributed by atoms with Crippen molar-refractivity contribution in [2.24, 2.45) is 15.8 Å². The normalized spacial score (nSPS) is 11.2. The van der Waals surface area contributed by atoms with Gasteiger partial charge in [-0.05, 0) is 34.6 Å². The maximum atomic E-state index is 3.95. The summed E-state index contributed by atoms with van der Waals surface area (Å²) in [6, 6.07) is 2.69. The summed E-state index contributed by atoms with van der Waals surface area (Å²) in [7, 11) is 0. The van der Waals surface area contributed by atoms with Crippen LogP contribution in [-0.4, -0.2) is 18.1 Å². The van der Waals surface area contributed by atoms with Crippen LogP contribution < -0.4 is 0 Å². The van der Waals surface area contributed by atoms with E-state index >= 15 is 0 Å². The summed E-state index contributed by atoms with van der Waals surface area (Å²) >= 11 is 0. The molecule has 0 aromatic heterocycles. The number of hydrogen-bond donors (Lipinski definition) is 0. The number of hydrogen-bond acceptors (Lipinski definition) is 2. The van der Waals surface area contributed by atoms with Crippen molar-refractivity contribution in [3.63, 3.8) is 0 Å². The highest BCUT2D eigenvalue weighted by Crippen LogP contribution is 2.09. The van der Waals surface area contributed by atoms with E-state index in [1.54, 1.807) is 0 Å². The van der Waals surface area contributed by atoms with Crippen LogP contribution in [0, 0.1) is 17.4 Å².